The predicted molar refractivity (Wildman–Crippen MR) is 72.2 cm³/mol. The highest BCUT2D eigenvalue weighted by Crippen LogP contribution is 2.19. The molecule has 2 heterocycles. The molecule has 2 N–H and O–H groups in total. The zero-order valence-electron chi connectivity index (χ0n) is 9.45. The van der Waals surface area contributed by atoms with Crippen LogP contribution in [0, 0.1) is 0 Å². The van der Waals surface area contributed by atoms with E-state index in [9.17, 15) is 0 Å². The quantitative estimate of drug-likeness (QED) is 0.761. The van der Waals surface area contributed by atoms with Gasteiger partial charge in [-0.2, -0.15) is 11.8 Å². The lowest BCUT2D eigenvalue weighted by atomic mass is 10.2. The minimum atomic E-state index is 0.878. The number of nitrogens with zero attached hydrogens (tertiary/aromatic N) is 1. The molecule has 1 aromatic heterocycles. The third-order valence-electron chi connectivity index (χ3n) is 2.68. The van der Waals surface area contributed by atoms with E-state index in [-0.39, 0.29) is 0 Å². The Bertz CT molecular complexity index is 271. The second-order valence-electron chi connectivity index (χ2n) is 3.92. The molecule has 16 heavy (non-hydrogen) atoms. The Morgan fingerprint density at radius 1 is 1.50 bits per heavy atom. The molecule has 5 heteroatoms. The Labute approximate surface area is 105 Å². The van der Waals surface area contributed by atoms with Gasteiger partial charge in [-0.15, -0.1) is 11.3 Å². The van der Waals surface area contributed by atoms with Gasteiger partial charge in [0.2, 0.25) is 0 Å². The van der Waals surface area contributed by atoms with E-state index in [1.54, 1.807) is 11.3 Å². The molecule has 1 saturated heterocycles. The van der Waals surface area contributed by atoms with Crippen LogP contribution in [0.4, 0.5) is 0 Å². The van der Waals surface area contributed by atoms with Gasteiger partial charge in [-0.05, 0) is 25.9 Å². The third-order valence-corrected chi connectivity index (χ3v) is 4.84. The SMILES string of the molecule is c1csc(CNCCSC2CCNCC2)n1. The van der Waals surface area contributed by atoms with E-state index in [4.69, 9.17) is 0 Å². The van der Waals surface area contributed by atoms with Crippen molar-refractivity contribution >= 4 is 23.1 Å². The first-order valence-electron chi connectivity index (χ1n) is 5.86. The van der Waals surface area contributed by atoms with E-state index >= 15 is 0 Å². The average molecular weight is 257 g/mol. The van der Waals surface area contributed by atoms with Gasteiger partial charge in [0.25, 0.3) is 0 Å². The van der Waals surface area contributed by atoms with E-state index in [1.165, 1.54) is 36.7 Å². The van der Waals surface area contributed by atoms with Crippen molar-refractivity contribution in [2.45, 2.75) is 24.6 Å². The highest BCUT2D eigenvalue weighted by atomic mass is 32.2. The molecular weight excluding hydrogens is 238 g/mol. The fraction of sp³-hybridized carbons (Fsp3) is 0.727. The van der Waals surface area contributed by atoms with Crippen molar-refractivity contribution in [1.29, 1.82) is 0 Å². The summed E-state index contributed by atoms with van der Waals surface area (Å²) in [6, 6.07) is 0. The van der Waals surface area contributed by atoms with E-state index in [0.717, 1.165) is 18.3 Å². The number of piperidine rings is 1. The van der Waals surface area contributed by atoms with Crippen molar-refractivity contribution in [2.75, 3.05) is 25.4 Å². The highest BCUT2D eigenvalue weighted by molar-refractivity contribution is 7.99. The summed E-state index contributed by atoms with van der Waals surface area (Å²) >= 11 is 3.84. The molecule has 1 aliphatic rings. The molecule has 0 bridgehead atoms. The smallest absolute Gasteiger partial charge is 0.106 e. The topological polar surface area (TPSA) is 37.0 Å². The normalized spacial score (nSPS) is 17.8. The molecule has 0 atom stereocenters. The molecule has 0 amide bonds. The first-order valence-corrected chi connectivity index (χ1v) is 7.79. The zero-order chi connectivity index (χ0) is 11.1. The first-order chi connectivity index (χ1) is 7.95. The Morgan fingerprint density at radius 2 is 2.38 bits per heavy atom. The number of rotatable bonds is 6. The van der Waals surface area contributed by atoms with Crippen molar-refractivity contribution in [1.82, 2.24) is 15.6 Å². The first kappa shape index (κ1) is 12.4. The van der Waals surface area contributed by atoms with E-state index in [2.05, 4.69) is 27.4 Å². The minimum Gasteiger partial charge on any atom is -0.317 e. The van der Waals surface area contributed by atoms with Gasteiger partial charge in [0, 0.05) is 35.7 Å². The van der Waals surface area contributed by atoms with Crippen LogP contribution in [0.5, 0.6) is 0 Å². The van der Waals surface area contributed by atoms with Crippen LogP contribution in [0.15, 0.2) is 11.6 Å². The fourth-order valence-electron chi connectivity index (χ4n) is 1.80. The minimum absolute atomic E-state index is 0.878. The Kier molecular flexibility index (Phi) is 5.62. The molecule has 90 valence electrons. The second kappa shape index (κ2) is 7.27. The van der Waals surface area contributed by atoms with Crippen LogP contribution in [-0.2, 0) is 6.54 Å². The van der Waals surface area contributed by atoms with E-state index in [0.29, 0.717) is 0 Å². The van der Waals surface area contributed by atoms with Gasteiger partial charge in [0.1, 0.15) is 5.01 Å². The average Bonchev–Trinajstić information content (AvgIpc) is 2.83. The van der Waals surface area contributed by atoms with Crippen LogP contribution in [-0.4, -0.2) is 35.6 Å². The maximum absolute atomic E-state index is 4.24. The molecule has 1 aromatic rings. The van der Waals surface area contributed by atoms with Gasteiger partial charge in [-0.1, -0.05) is 0 Å². The lowest BCUT2D eigenvalue weighted by molar-refractivity contribution is 0.531. The summed E-state index contributed by atoms with van der Waals surface area (Å²) < 4.78 is 0. The van der Waals surface area contributed by atoms with Crippen molar-refractivity contribution < 1.29 is 0 Å². The van der Waals surface area contributed by atoms with Gasteiger partial charge in [-0.3, -0.25) is 0 Å². The monoisotopic (exact) mass is 257 g/mol. The predicted octanol–water partition coefficient (Wildman–Crippen LogP) is 1.72. The number of aromatic nitrogens is 1. The largest absolute Gasteiger partial charge is 0.317 e. The molecule has 2 rings (SSSR count). The van der Waals surface area contributed by atoms with Crippen LogP contribution in [0.3, 0.4) is 0 Å². The molecule has 0 aromatic carbocycles. The summed E-state index contributed by atoms with van der Waals surface area (Å²) in [5, 5.41) is 10.9. The molecule has 0 radical (unpaired) electrons. The van der Waals surface area contributed by atoms with Gasteiger partial charge in [0.05, 0.1) is 0 Å². The number of thiazole rings is 1. The number of thioether (sulfide) groups is 1. The van der Waals surface area contributed by atoms with Crippen LogP contribution in [0.2, 0.25) is 0 Å². The summed E-state index contributed by atoms with van der Waals surface area (Å²) in [5.74, 6) is 1.22. The maximum atomic E-state index is 4.24. The van der Waals surface area contributed by atoms with Crippen molar-refractivity contribution in [2.24, 2.45) is 0 Å². The molecule has 3 nitrogen and oxygen atoms in total. The highest BCUT2D eigenvalue weighted by Gasteiger charge is 2.12. The van der Waals surface area contributed by atoms with Crippen LogP contribution in [0.25, 0.3) is 0 Å². The molecule has 1 fully saturated rings. The molecule has 1 aliphatic heterocycles. The summed E-state index contributed by atoms with van der Waals surface area (Å²) in [6.07, 6.45) is 4.53. The molecule has 0 saturated carbocycles. The number of hydrogen-bond acceptors (Lipinski definition) is 5. The molecule has 0 spiro atoms. The van der Waals surface area contributed by atoms with Crippen molar-refractivity contribution in [3.05, 3.63) is 16.6 Å². The Balaban J connectivity index is 1.48. The Hall–Kier alpha value is -0.100. The van der Waals surface area contributed by atoms with Crippen molar-refractivity contribution in [3.63, 3.8) is 0 Å². The standard InChI is InChI=1S/C11H19N3S2/c1-3-12-4-2-10(1)15-7-5-13-9-11-14-6-8-16-11/h6,8,10,12-13H,1-5,7,9H2. The van der Waals surface area contributed by atoms with Crippen molar-refractivity contribution in [3.8, 4) is 0 Å². The van der Waals surface area contributed by atoms with Crippen LogP contribution in [0.1, 0.15) is 17.8 Å². The van der Waals surface area contributed by atoms with Gasteiger partial charge in [0.15, 0.2) is 0 Å². The number of nitrogens with one attached hydrogen (secondary N) is 2. The molecule has 0 unspecified atom stereocenters. The maximum Gasteiger partial charge on any atom is 0.106 e. The van der Waals surface area contributed by atoms with Gasteiger partial charge < -0.3 is 10.6 Å². The molecular formula is C11H19N3S2. The lowest BCUT2D eigenvalue weighted by Crippen LogP contribution is -2.30. The van der Waals surface area contributed by atoms with Crippen LogP contribution < -0.4 is 10.6 Å². The Morgan fingerprint density at radius 3 is 3.12 bits per heavy atom. The lowest BCUT2D eigenvalue weighted by Gasteiger charge is -2.21. The van der Waals surface area contributed by atoms with E-state index in [1.807, 2.05) is 11.6 Å². The second-order valence-corrected chi connectivity index (χ2v) is 6.31. The zero-order valence-corrected chi connectivity index (χ0v) is 11.1. The fourth-order valence-corrected chi connectivity index (χ4v) is 3.55. The summed E-state index contributed by atoms with van der Waals surface area (Å²) in [7, 11) is 0. The third kappa shape index (κ3) is 4.41. The molecule has 0 aliphatic carbocycles. The van der Waals surface area contributed by atoms with Crippen LogP contribution >= 0.6 is 23.1 Å². The van der Waals surface area contributed by atoms with Gasteiger partial charge in [-0.25, -0.2) is 4.98 Å². The summed E-state index contributed by atoms with van der Waals surface area (Å²) in [4.78, 5) is 4.24. The summed E-state index contributed by atoms with van der Waals surface area (Å²) in [6.45, 7) is 4.41. The van der Waals surface area contributed by atoms with E-state index < -0.39 is 0 Å². The van der Waals surface area contributed by atoms with Gasteiger partial charge >= 0.3 is 0 Å². The number of hydrogen-bond donors (Lipinski definition) is 2. The summed E-state index contributed by atoms with van der Waals surface area (Å²) in [5.41, 5.74) is 0.